The molecule has 2 unspecified atom stereocenters. The van der Waals surface area contributed by atoms with E-state index < -0.39 is 64.4 Å². The van der Waals surface area contributed by atoms with Crippen molar-refractivity contribution in [2.24, 2.45) is 0 Å². The number of ketones is 1. The lowest BCUT2D eigenvalue weighted by Crippen LogP contribution is -2.69. The number of ether oxygens (including phenoxy) is 5. The molecule has 0 saturated carbocycles. The second-order valence-corrected chi connectivity index (χ2v) is 12.1. The third kappa shape index (κ3) is 6.17. The van der Waals surface area contributed by atoms with Crippen LogP contribution in [0.15, 0.2) is 54.6 Å². The average Bonchev–Trinajstić information content (AvgIpc) is 3.21. The lowest BCUT2D eigenvalue weighted by Gasteiger charge is -2.50. The number of amides is 2. The molecule has 222 valence electrons. The molecule has 11 nitrogen and oxygen atoms in total. The molecule has 2 saturated heterocycles. The molecule has 0 spiro atoms. The van der Waals surface area contributed by atoms with Gasteiger partial charge in [-0.25, -0.2) is 0 Å². The summed E-state index contributed by atoms with van der Waals surface area (Å²) < 4.78 is 27.4. The molecular formula is C28H25Cl3N2O9. The van der Waals surface area contributed by atoms with Crippen molar-refractivity contribution in [1.29, 1.82) is 5.41 Å². The highest BCUT2D eigenvalue weighted by molar-refractivity contribution is 6.76. The van der Waals surface area contributed by atoms with E-state index in [2.05, 4.69) is 0 Å². The lowest BCUT2D eigenvalue weighted by molar-refractivity contribution is -0.341. The summed E-state index contributed by atoms with van der Waals surface area (Å²) >= 11 is 17.6. The zero-order chi connectivity index (χ0) is 30.2. The van der Waals surface area contributed by atoms with Crippen LogP contribution < -0.4 is 0 Å². The summed E-state index contributed by atoms with van der Waals surface area (Å²) in [5.41, 5.74) is 0.874. The Morgan fingerprint density at radius 3 is 2.17 bits per heavy atom. The molecule has 0 aliphatic carbocycles. The molecule has 42 heavy (non-hydrogen) atoms. The molecule has 0 bridgehead atoms. The van der Waals surface area contributed by atoms with Gasteiger partial charge < -0.3 is 28.5 Å². The number of benzene rings is 2. The van der Waals surface area contributed by atoms with Crippen LogP contribution in [0.5, 0.6) is 0 Å². The largest absolute Gasteiger partial charge is 0.457 e. The molecular weight excluding hydrogens is 615 g/mol. The number of nitrogens with zero attached hydrogens (tertiary/aromatic N) is 1. The van der Waals surface area contributed by atoms with E-state index in [-0.39, 0.29) is 36.4 Å². The van der Waals surface area contributed by atoms with Crippen LogP contribution in [0.3, 0.4) is 0 Å². The van der Waals surface area contributed by atoms with Crippen molar-refractivity contribution in [2.75, 3.05) is 6.61 Å². The van der Waals surface area contributed by atoms with Crippen LogP contribution in [0, 0.1) is 5.41 Å². The molecule has 14 heteroatoms. The Morgan fingerprint density at radius 2 is 1.57 bits per heavy atom. The van der Waals surface area contributed by atoms with Gasteiger partial charge in [-0.1, -0.05) is 77.3 Å². The Kier molecular flexibility index (Phi) is 8.89. The van der Waals surface area contributed by atoms with Crippen LogP contribution in [0.25, 0.3) is 0 Å². The maximum atomic E-state index is 13.6. The SMILES string of the molecule is CC(=O)CCC(=O)O[C@H]1[C@@H]2OC(c3ccccc3)OC[C@H]2OC(OC(=N)C(Cl)(Cl)Cl)[C@@H]1N1C(=O)c2ccccc2C1=O. The standard InChI is InChI=1S/C28H25Cl3N2O9/c1-14(34)11-12-19(35)40-22-20(33-23(36)16-9-5-6-10-17(16)24(33)37)26(42-27(32)28(29,30)31)39-18-13-38-25(41-21(18)22)15-7-3-2-4-8-15/h2-10,18,20-22,25-26,32H,11-13H2,1H3/t18-,20-,21-,22-,25?,26?/m1/s1. The number of carbonyl (C=O) groups excluding carboxylic acids is 4. The maximum Gasteiger partial charge on any atom is 0.306 e. The zero-order valence-corrected chi connectivity index (χ0v) is 24.3. The van der Waals surface area contributed by atoms with E-state index in [1.165, 1.54) is 19.1 Å². The number of alkyl halides is 3. The van der Waals surface area contributed by atoms with Gasteiger partial charge in [-0.2, -0.15) is 0 Å². The molecule has 2 aromatic carbocycles. The number of nitrogens with one attached hydrogen (secondary N) is 1. The third-order valence-corrected chi connectivity index (χ3v) is 7.46. The van der Waals surface area contributed by atoms with Crippen LogP contribution in [-0.4, -0.2) is 75.4 Å². The Bertz CT molecular complexity index is 1370. The fourth-order valence-corrected chi connectivity index (χ4v) is 5.13. The smallest absolute Gasteiger partial charge is 0.306 e. The van der Waals surface area contributed by atoms with Crippen molar-refractivity contribution in [3.63, 3.8) is 0 Å². The molecule has 2 fully saturated rings. The average molecular weight is 640 g/mol. The number of hydrogen-bond acceptors (Lipinski definition) is 10. The number of esters is 1. The van der Waals surface area contributed by atoms with Gasteiger partial charge in [0.05, 0.1) is 24.2 Å². The van der Waals surface area contributed by atoms with Crippen LogP contribution >= 0.6 is 34.8 Å². The summed E-state index contributed by atoms with van der Waals surface area (Å²) in [6, 6.07) is 13.6. The molecule has 0 radical (unpaired) electrons. The molecule has 1 N–H and O–H groups in total. The van der Waals surface area contributed by atoms with Gasteiger partial charge in [-0.3, -0.25) is 24.7 Å². The fraction of sp³-hybridized carbons (Fsp3) is 0.393. The van der Waals surface area contributed by atoms with Crippen LogP contribution in [0.4, 0.5) is 0 Å². The normalized spacial score (nSPS) is 27.2. The quantitative estimate of drug-likeness (QED) is 0.156. The third-order valence-electron chi connectivity index (χ3n) is 6.94. The van der Waals surface area contributed by atoms with Gasteiger partial charge >= 0.3 is 5.97 Å². The topological polar surface area (TPSA) is 142 Å². The first-order chi connectivity index (χ1) is 20.0. The minimum Gasteiger partial charge on any atom is -0.457 e. The summed E-state index contributed by atoms with van der Waals surface area (Å²) in [5, 5.41) is 8.17. The highest BCUT2D eigenvalue weighted by Gasteiger charge is 2.59. The minimum atomic E-state index is -2.32. The Hall–Kier alpha value is -3.06. The highest BCUT2D eigenvalue weighted by Crippen LogP contribution is 2.41. The number of Topliss-reactive ketones (excluding diaryl/α,β-unsaturated/α-hetero) is 1. The van der Waals surface area contributed by atoms with E-state index in [1.807, 2.05) is 6.07 Å². The number of rotatable bonds is 7. The van der Waals surface area contributed by atoms with Gasteiger partial charge in [0.25, 0.3) is 15.6 Å². The van der Waals surface area contributed by atoms with Crippen molar-refractivity contribution < 1.29 is 42.9 Å². The van der Waals surface area contributed by atoms with Crippen molar-refractivity contribution in [3.05, 3.63) is 71.3 Å². The zero-order valence-electron chi connectivity index (χ0n) is 22.0. The maximum absolute atomic E-state index is 13.6. The van der Waals surface area contributed by atoms with E-state index in [9.17, 15) is 19.2 Å². The number of hydrogen-bond donors (Lipinski definition) is 1. The lowest BCUT2D eigenvalue weighted by atomic mass is 9.94. The van der Waals surface area contributed by atoms with E-state index >= 15 is 0 Å². The molecule has 3 heterocycles. The minimum absolute atomic E-state index is 0.0818. The van der Waals surface area contributed by atoms with E-state index in [0.717, 1.165) is 4.90 Å². The Balaban J connectivity index is 1.56. The van der Waals surface area contributed by atoms with E-state index in [0.29, 0.717) is 5.56 Å². The second kappa shape index (κ2) is 12.3. The fourth-order valence-electron chi connectivity index (χ4n) is 4.99. The molecule has 5 rings (SSSR count). The Labute approximate surface area is 255 Å². The first-order valence-electron chi connectivity index (χ1n) is 12.9. The number of carbonyl (C=O) groups is 4. The molecule has 3 aliphatic rings. The molecule has 0 aromatic heterocycles. The summed E-state index contributed by atoms with van der Waals surface area (Å²) in [7, 11) is 0. The number of imide groups is 1. The second-order valence-electron chi connectivity index (χ2n) is 9.84. The van der Waals surface area contributed by atoms with E-state index in [4.69, 9.17) is 63.9 Å². The van der Waals surface area contributed by atoms with Gasteiger partial charge in [-0.05, 0) is 19.1 Å². The molecule has 6 atom stereocenters. The molecule has 2 amide bonds. The van der Waals surface area contributed by atoms with Crippen LogP contribution in [0.2, 0.25) is 0 Å². The first-order valence-corrected chi connectivity index (χ1v) is 14.0. The van der Waals surface area contributed by atoms with Gasteiger partial charge in [0.1, 0.15) is 24.0 Å². The van der Waals surface area contributed by atoms with Crippen molar-refractivity contribution >= 4 is 64.3 Å². The summed E-state index contributed by atoms with van der Waals surface area (Å²) in [4.78, 5) is 52.7. The van der Waals surface area contributed by atoms with Gasteiger partial charge in [0, 0.05) is 12.0 Å². The summed E-state index contributed by atoms with van der Waals surface area (Å²) in [6.07, 6.45) is -6.35. The monoisotopic (exact) mass is 638 g/mol. The van der Waals surface area contributed by atoms with E-state index in [1.54, 1.807) is 36.4 Å². The number of fused-ring (bicyclic) bond motifs is 2. The predicted octanol–water partition coefficient (Wildman–Crippen LogP) is 4.14. The summed E-state index contributed by atoms with van der Waals surface area (Å²) in [5.74, 6) is -3.32. The highest BCUT2D eigenvalue weighted by atomic mass is 35.6. The first kappa shape index (κ1) is 30.4. The number of halogens is 3. The van der Waals surface area contributed by atoms with Crippen molar-refractivity contribution in [2.45, 2.75) is 60.5 Å². The molecule has 2 aromatic rings. The van der Waals surface area contributed by atoms with Crippen molar-refractivity contribution in [3.8, 4) is 0 Å². The van der Waals surface area contributed by atoms with Crippen LogP contribution in [0.1, 0.15) is 52.3 Å². The van der Waals surface area contributed by atoms with Gasteiger partial charge in [0.2, 0.25) is 12.2 Å². The van der Waals surface area contributed by atoms with Crippen molar-refractivity contribution in [1.82, 2.24) is 4.90 Å². The Morgan fingerprint density at radius 1 is 0.952 bits per heavy atom. The predicted molar refractivity (Wildman–Crippen MR) is 148 cm³/mol. The van der Waals surface area contributed by atoms with Gasteiger partial charge in [0.15, 0.2) is 12.4 Å². The van der Waals surface area contributed by atoms with Gasteiger partial charge in [-0.15, -0.1) is 0 Å². The van der Waals surface area contributed by atoms with Crippen LogP contribution in [-0.2, 0) is 33.3 Å². The summed E-state index contributed by atoms with van der Waals surface area (Å²) in [6.45, 7) is 1.25. The molecule has 3 aliphatic heterocycles.